The number of aromatic nitrogens is 2. The Balaban J connectivity index is 1.03. The standard InChI is InChI=1S/C54H42N4/c1-5-17-39(18-6-1)55(45-33-35-53-49(37-45)47-25-13-15-27-51(47)57(53)41-21-9-3-10-22-41)43-29-31-44(32-30-43)56(40-19-7-2-8-20-40)46-34-36-54-50(38-46)48-26-14-16-28-52(48)58(54)42-23-11-4-12-24-42/h1-11,13-19,21-23,25-38,40H,12,20,24H2. The molecule has 0 fully saturated rings. The molecular weight excluding hydrogens is 705 g/mol. The molecule has 58 heavy (non-hydrogen) atoms. The summed E-state index contributed by atoms with van der Waals surface area (Å²) in [5.74, 6) is 0. The van der Waals surface area contributed by atoms with Crippen molar-refractivity contribution in [1.82, 2.24) is 9.13 Å². The summed E-state index contributed by atoms with van der Waals surface area (Å²) in [6.45, 7) is 0. The van der Waals surface area contributed by atoms with Gasteiger partial charge in [0.05, 0.1) is 28.1 Å². The number of allylic oxidation sites excluding steroid dienone is 6. The third-order valence-corrected chi connectivity index (χ3v) is 11.8. The topological polar surface area (TPSA) is 16.3 Å². The molecule has 0 aliphatic heterocycles. The van der Waals surface area contributed by atoms with Gasteiger partial charge < -0.3 is 18.9 Å². The minimum absolute atomic E-state index is 0.183. The lowest BCUT2D eigenvalue weighted by molar-refractivity contribution is 0.785. The normalized spacial score (nSPS) is 15.1. The molecule has 7 aromatic carbocycles. The Bertz CT molecular complexity index is 3090. The number of fused-ring (bicyclic) bond motifs is 6. The second-order valence-electron chi connectivity index (χ2n) is 15.2. The Morgan fingerprint density at radius 3 is 1.69 bits per heavy atom. The van der Waals surface area contributed by atoms with E-state index in [0.29, 0.717) is 0 Å². The van der Waals surface area contributed by atoms with Crippen LogP contribution in [0.25, 0.3) is 55.0 Å². The molecule has 0 bridgehead atoms. The average Bonchev–Trinajstić information content (AvgIpc) is 3.81. The number of nitrogens with zero attached hydrogens (tertiary/aromatic N) is 4. The maximum atomic E-state index is 2.51. The molecule has 2 aliphatic rings. The predicted octanol–water partition coefficient (Wildman–Crippen LogP) is 14.6. The van der Waals surface area contributed by atoms with Gasteiger partial charge in [-0.05, 0) is 122 Å². The molecule has 0 saturated carbocycles. The Hall–Kier alpha value is -7.30. The molecule has 4 nitrogen and oxygen atoms in total. The predicted molar refractivity (Wildman–Crippen MR) is 246 cm³/mol. The summed E-state index contributed by atoms with van der Waals surface area (Å²) < 4.78 is 4.84. The van der Waals surface area contributed by atoms with Gasteiger partial charge in [0.2, 0.25) is 0 Å². The van der Waals surface area contributed by atoms with Crippen molar-refractivity contribution < 1.29 is 0 Å². The number of rotatable bonds is 8. The van der Waals surface area contributed by atoms with Crippen LogP contribution in [0.15, 0.2) is 212 Å². The molecule has 0 amide bonds. The SMILES string of the molecule is C1=CCCC(n2c3ccccc3c3cc(N(c4ccc(N(c5ccccc5)c5ccc6c(c5)c5ccccc5n6-c5ccccc5)cc4)C4C=CC=CC4)ccc32)=C1. The highest BCUT2D eigenvalue weighted by Crippen LogP contribution is 2.42. The van der Waals surface area contributed by atoms with Gasteiger partial charge >= 0.3 is 0 Å². The maximum Gasteiger partial charge on any atom is 0.0559 e. The molecule has 0 saturated heterocycles. The molecule has 0 radical (unpaired) electrons. The van der Waals surface area contributed by atoms with Gasteiger partial charge in [0.15, 0.2) is 0 Å². The summed E-state index contributed by atoms with van der Waals surface area (Å²) >= 11 is 0. The first-order valence-electron chi connectivity index (χ1n) is 20.4. The third-order valence-electron chi connectivity index (χ3n) is 11.8. The van der Waals surface area contributed by atoms with E-state index in [9.17, 15) is 0 Å². The Morgan fingerprint density at radius 2 is 1.00 bits per heavy atom. The summed E-state index contributed by atoms with van der Waals surface area (Å²) in [5.41, 5.74) is 13.1. The second kappa shape index (κ2) is 14.3. The molecule has 2 heterocycles. The van der Waals surface area contributed by atoms with Crippen LogP contribution in [-0.2, 0) is 0 Å². The fraction of sp³-hybridized carbons (Fsp3) is 0.0741. The maximum absolute atomic E-state index is 2.51. The highest BCUT2D eigenvalue weighted by atomic mass is 15.2. The van der Waals surface area contributed by atoms with Crippen LogP contribution in [0, 0.1) is 0 Å². The smallest absolute Gasteiger partial charge is 0.0559 e. The molecule has 278 valence electrons. The lowest BCUT2D eigenvalue weighted by Crippen LogP contribution is -2.29. The van der Waals surface area contributed by atoms with Crippen LogP contribution in [0.3, 0.4) is 0 Å². The second-order valence-corrected chi connectivity index (χ2v) is 15.2. The van der Waals surface area contributed by atoms with Crippen molar-refractivity contribution in [2.24, 2.45) is 0 Å². The summed E-state index contributed by atoms with van der Waals surface area (Å²) in [6, 6.07) is 62.3. The molecule has 11 rings (SSSR count). The summed E-state index contributed by atoms with van der Waals surface area (Å²) in [5, 5.41) is 5.03. The van der Waals surface area contributed by atoms with Gasteiger partial charge in [0.25, 0.3) is 0 Å². The molecule has 2 aliphatic carbocycles. The zero-order valence-electron chi connectivity index (χ0n) is 32.2. The van der Waals surface area contributed by atoms with Gasteiger partial charge in [-0.1, -0.05) is 109 Å². The lowest BCUT2D eigenvalue weighted by atomic mass is 10.0. The minimum atomic E-state index is 0.183. The molecule has 0 N–H and O–H groups in total. The van der Waals surface area contributed by atoms with E-state index in [-0.39, 0.29) is 6.04 Å². The van der Waals surface area contributed by atoms with Crippen LogP contribution in [0.1, 0.15) is 19.3 Å². The van der Waals surface area contributed by atoms with Crippen molar-refractivity contribution in [3.63, 3.8) is 0 Å². The molecule has 1 atom stereocenters. The number of para-hydroxylation sites is 4. The largest absolute Gasteiger partial charge is 0.334 e. The zero-order valence-corrected chi connectivity index (χ0v) is 32.2. The van der Waals surface area contributed by atoms with Crippen molar-refractivity contribution in [3.8, 4) is 5.69 Å². The average molecular weight is 747 g/mol. The molecule has 4 heteroatoms. The van der Waals surface area contributed by atoms with E-state index >= 15 is 0 Å². The van der Waals surface area contributed by atoms with Gasteiger partial charge in [0.1, 0.15) is 0 Å². The summed E-state index contributed by atoms with van der Waals surface area (Å²) in [6.07, 6.45) is 18.7. The van der Waals surface area contributed by atoms with Crippen LogP contribution < -0.4 is 9.80 Å². The number of hydrogen-bond donors (Lipinski definition) is 0. The highest BCUT2D eigenvalue weighted by Gasteiger charge is 2.23. The first kappa shape index (κ1) is 34.0. The van der Waals surface area contributed by atoms with E-state index in [1.54, 1.807) is 0 Å². The molecule has 1 unspecified atom stereocenters. The van der Waals surface area contributed by atoms with Crippen molar-refractivity contribution in [3.05, 3.63) is 212 Å². The Labute approximate surface area is 338 Å². The molecular formula is C54H42N4. The van der Waals surface area contributed by atoms with Crippen LogP contribution in [0.2, 0.25) is 0 Å². The van der Waals surface area contributed by atoms with E-state index in [0.717, 1.165) is 47.7 Å². The molecule has 2 aromatic heterocycles. The van der Waals surface area contributed by atoms with Crippen LogP contribution in [0.4, 0.5) is 28.4 Å². The van der Waals surface area contributed by atoms with Gasteiger partial charge in [-0.25, -0.2) is 0 Å². The number of benzene rings is 7. The quantitative estimate of drug-likeness (QED) is 0.154. The van der Waals surface area contributed by atoms with Crippen molar-refractivity contribution in [2.45, 2.75) is 25.3 Å². The van der Waals surface area contributed by atoms with Gasteiger partial charge in [-0.3, -0.25) is 0 Å². The van der Waals surface area contributed by atoms with Gasteiger partial charge in [-0.15, -0.1) is 0 Å². The van der Waals surface area contributed by atoms with Crippen molar-refractivity contribution in [2.75, 3.05) is 9.80 Å². The first-order valence-corrected chi connectivity index (χ1v) is 20.4. The zero-order chi connectivity index (χ0) is 38.4. The number of anilines is 5. The first-order chi connectivity index (χ1) is 28.8. The summed E-state index contributed by atoms with van der Waals surface area (Å²) in [7, 11) is 0. The van der Waals surface area contributed by atoms with E-state index in [1.165, 1.54) is 55.0 Å². The highest BCUT2D eigenvalue weighted by molar-refractivity contribution is 6.12. The monoisotopic (exact) mass is 746 g/mol. The van der Waals surface area contributed by atoms with Crippen LogP contribution in [-0.4, -0.2) is 15.2 Å². The minimum Gasteiger partial charge on any atom is -0.334 e. The molecule has 0 spiro atoms. The van der Waals surface area contributed by atoms with Crippen LogP contribution in [0.5, 0.6) is 0 Å². The Kier molecular flexibility index (Phi) is 8.40. The van der Waals surface area contributed by atoms with E-state index in [4.69, 9.17) is 0 Å². The fourth-order valence-corrected chi connectivity index (χ4v) is 9.23. The van der Waals surface area contributed by atoms with Gasteiger partial charge in [-0.2, -0.15) is 0 Å². The van der Waals surface area contributed by atoms with E-state index in [1.807, 2.05) is 0 Å². The Morgan fingerprint density at radius 1 is 0.431 bits per heavy atom. The van der Waals surface area contributed by atoms with E-state index in [2.05, 4.69) is 231 Å². The lowest BCUT2D eigenvalue weighted by Gasteiger charge is -2.33. The van der Waals surface area contributed by atoms with E-state index < -0.39 is 0 Å². The third kappa shape index (κ3) is 5.76. The van der Waals surface area contributed by atoms with Crippen LogP contribution >= 0.6 is 0 Å². The summed E-state index contributed by atoms with van der Waals surface area (Å²) in [4.78, 5) is 4.89. The van der Waals surface area contributed by atoms with Crippen molar-refractivity contribution >= 4 is 77.7 Å². The van der Waals surface area contributed by atoms with Gasteiger partial charge in [0, 0.05) is 61.4 Å². The fourth-order valence-electron chi connectivity index (χ4n) is 9.23. The number of hydrogen-bond acceptors (Lipinski definition) is 2. The van der Waals surface area contributed by atoms with Crippen molar-refractivity contribution in [1.29, 1.82) is 0 Å². The molecule has 9 aromatic rings.